The molecule has 1 saturated heterocycles. The zero-order chi connectivity index (χ0) is 19.1. The fourth-order valence-corrected chi connectivity index (χ4v) is 4.70. The number of hydrogen-bond acceptors (Lipinski definition) is 6. The van der Waals surface area contributed by atoms with Crippen LogP contribution in [0.4, 0.5) is 4.39 Å². The van der Waals surface area contributed by atoms with Crippen molar-refractivity contribution >= 4 is 21.6 Å². The Labute approximate surface area is 161 Å². The van der Waals surface area contributed by atoms with Crippen molar-refractivity contribution in [1.29, 1.82) is 0 Å². The molecule has 0 radical (unpaired) electrons. The van der Waals surface area contributed by atoms with E-state index in [2.05, 4.69) is 14.9 Å². The molecule has 7 heteroatoms. The number of ether oxygens (including phenoxy) is 1. The Balaban J connectivity index is 1.88. The molecule has 3 atom stereocenters. The van der Waals surface area contributed by atoms with Gasteiger partial charge in [-0.3, -0.25) is 9.88 Å². The standard InChI is InChI=1S/C20H22FN3O2S/c1-11-9-24(10-12(2)26-11)19(17-15(21)5-4-8-22-17)14-6-7-16-18(20(14)25)23-13(3)27-16/h4-8,11-12,19,25H,9-10H2,1-3H3. The fraction of sp³-hybridized carbons (Fsp3) is 0.400. The van der Waals surface area contributed by atoms with E-state index in [1.807, 2.05) is 32.9 Å². The summed E-state index contributed by atoms with van der Waals surface area (Å²) in [5, 5.41) is 11.9. The maximum atomic E-state index is 14.7. The minimum absolute atomic E-state index is 0.00964. The van der Waals surface area contributed by atoms with Crippen molar-refractivity contribution in [2.24, 2.45) is 0 Å². The Morgan fingerprint density at radius 2 is 2.00 bits per heavy atom. The molecule has 1 aliphatic heterocycles. The SMILES string of the molecule is Cc1nc2c(O)c(C(c3ncccc3F)N3CC(C)OC(C)C3)ccc2s1. The van der Waals surface area contributed by atoms with Gasteiger partial charge < -0.3 is 9.84 Å². The Morgan fingerprint density at radius 1 is 1.26 bits per heavy atom. The van der Waals surface area contributed by atoms with Crippen LogP contribution in [-0.4, -0.2) is 45.3 Å². The zero-order valence-electron chi connectivity index (χ0n) is 15.5. The Hall–Kier alpha value is -2.09. The van der Waals surface area contributed by atoms with Crippen LogP contribution in [0, 0.1) is 12.7 Å². The van der Waals surface area contributed by atoms with Crippen molar-refractivity contribution in [1.82, 2.24) is 14.9 Å². The summed E-state index contributed by atoms with van der Waals surface area (Å²) >= 11 is 1.53. The molecule has 1 aliphatic rings. The smallest absolute Gasteiger partial charge is 0.147 e. The number of fused-ring (bicyclic) bond motifs is 1. The highest BCUT2D eigenvalue weighted by Crippen LogP contribution is 2.40. The van der Waals surface area contributed by atoms with Crippen LogP contribution in [0.25, 0.3) is 10.2 Å². The average Bonchev–Trinajstić information content (AvgIpc) is 2.99. The first-order valence-corrected chi connectivity index (χ1v) is 9.84. The highest BCUT2D eigenvalue weighted by molar-refractivity contribution is 7.18. The van der Waals surface area contributed by atoms with E-state index in [1.165, 1.54) is 17.4 Å². The van der Waals surface area contributed by atoms with Crippen LogP contribution >= 0.6 is 11.3 Å². The summed E-state index contributed by atoms with van der Waals surface area (Å²) in [6, 6.07) is 6.28. The molecule has 5 nitrogen and oxygen atoms in total. The lowest BCUT2D eigenvalue weighted by Gasteiger charge is -2.40. The van der Waals surface area contributed by atoms with Crippen molar-refractivity contribution in [3.05, 3.63) is 52.5 Å². The number of phenolic OH excluding ortho intramolecular Hbond substituents is 1. The molecule has 27 heavy (non-hydrogen) atoms. The summed E-state index contributed by atoms with van der Waals surface area (Å²) in [5.74, 6) is -0.290. The first kappa shape index (κ1) is 18.3. The van der Waals surface area contributed by atoms with Gasteiger partial charge in [-0.2, -0.15) is 0 Å². The van der Waals surface area contributed by atoms with Gasteiger partial charge in [0.05, 0.1) is 33.7 Å². The van der Waals surface area contributed by atoms with Crippen molar-refractivity contribution in [3.63, 3.8) is 0 Å². The molecule has 4 rings (SSSR count). The largest absolute Gasteiger partial charge is 0.505 e. The second kappa shape index (κ2) is 7.14. The summed E-state index contributed by atoms with van der Waals surface area (Å²) in [4.78, 5) is 10.9. The molecule has 3 aromatic rings. The van der Waals surface area contributed by atoms with Gasteiger partial charge >= 0.3 is 0 Å². The number of nitrogens with zero attached hydrogens (tertiary/aromatic N) is 3. The molecule has 142 valence electrons. The van der Waals surface area contributed by atoms with Crippen LogP contribution in [-0.2, 0) is 4.74 Å². The highest BCUT2D eigenvalue weighted by atomic mass is 32.1. The Bertz CT molecular complexity index is 967. The molecule has 1 N–H and O–H groups in total. The summed E-state index contributed by atoms with van der Waals surface area (Å²) in [6.07, 6.45) is 1.60. The van der Waals surface area contributed by atoms with Crippen LogP contribution in [0.2, 0.25) is 0 Å². The molecule has 3 unspecified atom stereocenters. The molecule has 1 aromatic carbocycles. The van der Waals surface area contributed by atoms with Crippen LogP contribution in [0.5, 0.6) is 5.75 Å². The summed E-state index contributed by atoms with van der Waals surface area (Å²) in [5.41, 5.74) is 1.48. The van der Waals surface area contributed by atoms with Gasteiger partial charge in [-0.05, 0) is 39.0 Å². The van der Waals surface area contributed by atoms with Crippen LogP contribution < -0.4 is 0 Å². The number of benzene rings is 1. The van der Waals surface area contributed by atoms with E-state index in [-0.39, 0.29) is 23.8 Å². The van der Waals surface area contributed by atoms with Gasteiger partial charge in [-0.15, -0.1) is 11.3 Å². The van der Waals surface area contributed by atoms with E-state index in [0.29, 0.717) is 29.9 Å². The number of morpholine rings is 1. The molecule has 3 heterocycles. The molecule has 2 aromatic heterocycles. The molecular formula is C20H22FN3O2S. The topological polar surface area (TPSA) is 58.5 Å². The number of halogens is 1. The number of thiazole rings is 1. The number of pyridine rings is 1. The molecule has 0 spiro atoms. The van der Waals surface area contributed by atoms with Crippen LogP contribution in [0.1, 0.15) is 36.2 Å². The maximum Gasteiger partial charge on any atom is 0.147 e. The van der Waals surface area contributed by atoms with Crippen molar-refractivity contribution in [3.8, 4) is 5.75 Å². The van der Waals surface area contributed by atoms with Gasteiger partial charge in [0, 0.05) is 24.8 Å². The lowest BCUT2D eigenvalue weighted by Crippen LogP contribution is -2.47. The number of phenols is 1. The van der Waals surface area contributed by atoms with Crippen LogP contribution in [0.3, 0.4) is 0 Å². The lowest BCUT2D eigenvalue weighted by molar-refractivity contribution is -0.0773. The number of rotatable bonds is 3. The Kier molecular flexibility index (Phi) is 4.84. The predicted octanol–water partition coefficient (Wildman–Crippen LogP) is 4.04. The third-order valence-corrected chi connectivity index (χ3v) is 5.76. The maximum absolute atomic E-state index is 14.7. The third-order valence-electron chi connectivity index (χ3n) is 4.83. The van der Waals surface area contributed by atoms with Gasteiger partial charge in [-0.1, -0.05) is 6.07 Å². The summed E-state index contributed by atoms with van der Waals surface area (Å²) < 4.78 is 21.5. The van der Waals surface area contributed by atoms with Gasteiger partial charge in [0.25, 0.3) is 0 Å². The van der Waals surface area contributed by atoms with Gasteiger partial charge in [0.2, 0.25) is 0 Å². The normalized spacial score (nSPS) is 22.2. The molecule has 0 bridgehead atoms. The second-order valence-corrected chi connectivity index (χ2v) is 8.30. The average molecular weight is 387 g/mol. The van der Waals surface area contributed by atoms with E-state index in [4.69, 9.17) is 4.74 Å². The predicted molar refractivity (Wildman–Crippen MR) is 104 cm³/mol. The molecule has 0 amide bonds. The Morgan fingerprint density at radius 3 is 2.70 bits per heavy atom. The number of aryl methyl sites for hydroxylation is 1. The summed E-state index contributed by atoms with van der Waals surface area (Å²) in [7, 11) is 0. The van der Waals surface area contributed by atoms with Crippen molar-refractivity contribution < 1.29 is 14.2 Å². The number of hydrogen-bond donors (Lipinski definition) is 1. The van der Waals surface area contributed by atoms with Gasteiger partial charge in [0.15, 0.2) is 0 Å². The zero-order valence-corrected chi connectivity index (χ0v) is 16.3. The van der Waals surface area contributed by atoms with Crippen LogP contribution in [0.15, 0.2) is 30.5 Å². The van der Waals surface area contributed by atoms with E-state index < -0.39 is 6.04 Å². The molecule has 0 saturated carbocycles. The van der Waals surface area contributed by atoms with Gasteiger partial charge in [0.1, 0.15) is 17.1 Å². The van der Waals surface area contributed by atoms with E-state index >= 15 is 0 Å². The molecule has 1 fully saturated rings. The first-order valence-electron chi connectivity index (χ1n) is 9.03. The highest BCUT2D eigenvalue weighted by Gasteiger charge is 2.34. The third kappa shape index (κ3) is 3.42. The minimum atomic E-state index is -0.508. The van der Waals surface area contributed by atoms with E-state index in [0.717, 1.165) is 9.71 Å². The monoisotopic (exact) mass is 387 g/mol. The molecular weight excluding hydrogens is 365 g/mol. The quantitative estimate of drug-likeness (QED) is 0.735. The second-order valence-electron chi connectivity index (χ2n) is 7.07. The van der Waals surface area contributed by atoms with E-state index in [9.17, 15) is 9.50 Å². The van der Waals surface area contributed by atoms with E-state index in [1.54, 1.807) is 12.3 Å². The lowest BCUT2D eigenvalue weighted by atomic mass is 9.97. The van der Waals surface area contributed by atoms with Crippen molar-refractivity contribution in [2.45, 2.75) is 39.0 Å². The summed E-state index contributed by atoms with van der Waals surface area (Å²) in [6.45, 7) is 7.16. The fourth-order valence-electron chi connectivity index (χ4n) is 3.87. The minimum Gasteiger partial charge on any atom is -0.505 e. The first-order chi connectivity index (χ1) is 12.9. The number of aromatic nitrogens is 2. The number of aromatic hydroxyl groups is 1. The molecule has 0 aliphatic carbocycles. The van der Waals surface area contributed by atoms with Gasteiger partial charge in [-0.25, -0.2) is 9.37 Å². The van der Waals surface area contributed by atoms with Crippen molar-refractivity contribution in [2.75, 3.05) is 13.1 Å².